The van der Waals surface area contributed by atoms with Crippen molar-refractivity contribution in [1.82, 2.24) is 20.3 Å². The van der Waals surface area contributed by atoms with Gasteiger partial charge in [0, 0.05) is 23.8 Å². The van der Waals surface area contributed by atoms with Crippen LogP contribution in [-0.2, 0) is 13.0 Å². The molecule has 0 unspecified atom stereocenters. The number of hydrogen-bond donors (Lipinski definition) is 1. The second-order valence-electron chi connectivity index (χ2n) is 4.01. The van der Waals surface area contributed by atoms with Crippen LogP contribution in [0, 0.1) is 13.8 Å². The van der Waals surface area contributed by atoms with Crippen molar-refractivity contribution in [2.45, 2.75) is 26.8 Å². The van der Waals surface area contributed by atoms with Crippen molar-refractivity contribution in [1.29, 1.82) is 0 Å². The second kappa shape index (κ2) is 5.33. The fourth-order valence-electron chi connectivity index (χ4n) is 1.57. The lowest BCUT2D eigenvalue weighted by Gasteiger charge is -2.05. The van der Waals surface area contributed by atoms with Crippen molar-refractivity contribution < 1.29 is 0 Å². The molecule has 2 rings (SSSR count). The van der Waals surface area contributed by atoms with Gasteiger partial charge in [-0.2, -0.15) is 0 Å². The third kappa shape index (κ3) is 3.08. The van der Waals surface area contributed by atoms with Crippen LogP contribution in [-0.4, -0.2) is 22.0 Å². The molecule has 0 aliphatic carbocycles. The maximum atomic E-state index is 4.56. The first kappa shape index (κ1) is 12.1. The first-order chi connectivity index (χ1) is 8.19. The van der Waals surface area contributed by atoms with E-state index in [1.54, 1.807) is 11.3 Å². The molecule has 0 aliphatic rings. The number of thiazole rings is 1. The molecule has 0 aromatic carbocycles. The van der Waals surface area contributed by atoms with E-state index in [1.807, 2.05) is 27.1 Å². The Kier molecular flexibility index (Phi) is 3.81. The molecule has 2 aromatic heterocycles. The van der Waals surface area contributed by atoms with E-state index in [0.717, 1.165) is 40.7 Å². The Morgan fingerprint density at radius 2 is 2.12 bits per heavy atom. The van der Waals surface area contributed by atoms with Crippen molar-refractivity contribution in [2.75, 3.05) is 7.05 Å². The monoisotopic (exact) mass is 248 g/mol. The lowest BCUT2D eigenvalue weighted by Crippen LogP contribution is -2.11. The highest BCUT2D eigenvalue weighted by molar-refractivity contribution is 7.09. The Morgan fingerprint density at radius 1 is 1.29 bits per heavy atom. The summed E-state index contributed by atoms with van der Waals surface area (Å²) < 4.78 is 0. The van der Waals surface area contributed by atoms with E-state index in [2.05, 4.69) is 25.6 Å². The van der Waals surface area contributed by atoms with Crippen LogP contribution in [0.5, 0.6) is 0 Å². The Labute approximate surface area is 105 Å². The molecule has 0 amide bonds. The van der Waals surface area contributed by atoms with Gasteiger partial charge in [-0.15, -0.1) is 11.3 Å². The quantitative estimate of drug-likeness (QED) is 0.897. The van der Waals surface area contributed by atoms with Crippen LogP contribution in [0.4, 0.5) is 0 Å². The standard InChI is InChI=1S/C12H16N4S/c1-8-5-14-11(16-10(8)6-13-3)4-12-15-9(2)7-17-12/h5,7,13H,4,6H2,1-3H3. The van der Waals surface area contributed by atoms with Gasteiger partial charge >= 0.3 is 0 Å². The summed E-state index contributed by atoms with van der Waals surface area (Å²) in [5.74, 6) is 0.843. The molecule has 5 heteroatoms. The molecule has 1 N–H and O–H groups in total. The zero-order chi connectivity index (χ0) is 12.3. The molecule has 0 saturated heterocycles. The van der Waals surface area contributed by atoms with Gasteiger partial charge in [0.1, 0.15) is 10.8 Å². The van der Waals surface area contributed by atoms with E-state index >= 15 is 0 Å². The molecule has 0 saturated carbocycles. The molecule has 2 aromatic rings. The molecular weight excluding hydrogens is 232 g/mol. The highest BCUT2D eigenvalue weighted by Crippen LogP contribution is 2.13. The van der Waals surface area contributed by atoms with E-state index in [-0.39, 0.29) is 0 Å². The van der Waals surface area contributed by atoms with Crippen molar-refractivity contribution in [3.63, 3.8) is 0 Å². The van der Waals surface area contributed by atoms with E-state index < -0.39 is 0 Å². The summed E-state index contributed by atoms with van der Waals surface area (Å²) in [4.78, 5) is 13.3. The molecule has 0 bridgehead atoms. The zero-order valence-electron chi connectivity index (χ0n) is 10.3. The molecule has 0 radical (unpaired) electrons. The van der Waals surface area contributed by atoms with E-state index in [1.165, 1.54) is 0 Å². The number of nitrogens with zero attached hydrogens (tertiary/aromatic N) is 3. The van der Waals surface area contributed by atoms with Crippen molar-refractivity contribution in [3.05, 3.63) is 39.4 Å². The molecule has 0 aliphatic heterocycles. The lowest BCUT2D eigenvalue weighted by molar-refractivity contribution is 0.763. The molecule has 90 valence electrons. The minimum Gasteiger partial charge on any atom is -0.314 e. The Morgan fingerprint density at radius 3 is 2.76 bits per heavy atom. The van der Waals surface area contributed by atoms with Gasteiger partial charge in [0.2, 0.25) is 0 Å². The number of aromatic nitrogens is 3. The summed E-state index contributed by atoms with van der Waals surface area (Å²) in [7, 11) is 1.92. The number of nitrogens with one attached hydrogen (secondary N) is 1. The number of hydrogen-bond acceptors (Lipinski definition) is 5. The third-order valence-electron chi connectivity index (χ3n) is 2.45. The average molecular weight is 248 g/mol. The first-order valence-corrected chi connectivity index (χ1v) is 6.44. The minimum absolute atomic E-state index is 0.718. The largest absolute Gasteiger partial charge is 0.314 e. The van der Waals surface area contributed by atoms with Gasteiger partial charge in [-0.05, 0) is 26.5 Å². The van der Waals surface area contributed by atoms with E-state index in [4.69, 9.17) is 0 Å². The Hall–Kier alpha value is -1.33. The number of aryl methyl sites for hydroxylation is 2. The average Bonchev–Trinajstić information content (AvgIpc) is 2.69. The highest BCUT2D eigenvalue weighted by atomic mass is 32.1. The lowest BCUT2D eigenvalue weighted by atomic mass is 10.2. The van der Waals surface area contributed by atoms with Gasteiger partial charge in [-0.1, -0.05) is 0 Å². The molecule has 17 heavy (non-hydrogen) atoms. The van der Waals surface area contributed by atoms with Crippen LogP contribution in [0.1, 0.15) is 27.8 Å². The van der Waals surface area contributed by atoms with Gasteiger partial charge in [-0.25, -0.2) is 15.0 Å². The van der Waals surface area contributed by atoms with Crippen LogP contribution >= 0.6 is 11.3 Å². The van der Waals surface area contributed by atoms with Crippen LogP contribution in [0.25, 0.3) is 0 Å². The van der Waals surface area contributed by atoms with Gasteiger partial charge < -0.3 is 5.32 Å². The van der Waals surface area contributed by atoms with Crippen LogP contribution in [0.2, 0.25) is 0 Å². The van der Waals surface area contributed by atoms with Gasteiger partial charge in [-0.3, -0.25) is 0 Å². The predicted molar refractivity (Wildman–Crippen MR) is 69.2 cm³/mol. The van der Waals surface area contributed by atoms with Gasteiger partial charge in [0.05, 0.1) is 12.1 Å². The fourth-order valence-corrected chi connectivity index (χ4v) is 2.34. The first-order valence-electron chi connectivity index (χ1n) is 5.56. The van der Waals surface area contributed by atoms with E-state index in [9.17, 15) is 0 Å². The molecule has 0 fully saturated rings. The third-order valence-corrected chi connectivity index (χ3v) is 3.41. The van der Waals surface area contributed by atoms with E-state index in [0.29, 0.717) is 0 Å². The molecule has 0 atom stereocenters. The Bertz CT molecular complexity index is 507. The SMILES string of the molecule is CNCc1nc(Cc2nc(C)cs2)ncc1C. The Balaban J connectivity index is 2.18. The summed E-state index contributed by atoms with van der Waals surface area (Å²) in [6, 6.07) is 0. The fraction of sp³-hybridized carbons (Fsp3) is 0.417. The zero-order valence-corrected chi connectivity index (χ0v) is 11.1. The summed E-state index contributed by atoms with van der Waals surface area (Å²) in [6.07, 6.45) is 2.60. The van der Waals surface area contributed by atoms with Crippen molar-refractivity contribution in [2.24, 2.45) is 0 Å². The van der Waals surface area contributed by atoms with Crippen LogP contribution < -0.4 is 5.32 Å². The maximum absolute atomic E-state index is 4.56. The normalized spacial score (nSPS) is 10.8. The van der Waals surface area contributed by atoms with Crippen LogP contribution in [0.15, 0.2) is 11.6 Å². The summed E-state index contributed by atoms with van der Waals surface area (Å²) in [6.45, 7) is 4.81. The molecular formula is C12H16N4S. The van der Waals surface area contributed by atoms with Crippen molar-refractivity contribution in [3.8, 4) is 0 Å². The topological polar surface area (TPSA) is 50.7 Å². The summed E-state index contributed by atoms with van der Waals surface area (Å²) >= 11 is 1.66. The minimum atomic E-state index is 0.718. The molecule has 4 nitrogen and oxygen atoms in total. The number of rotatable bonds is 4. The smallest absolute Gasteiger partial charge is 0.135 e. The maximum Gasteiger partial charge on any atom is 0.135 e. The summed E-state index contributed by atoms with van der Waals surface area (Å²) in [5.41, 5.74) is 3.25. The molecule has 2 heterocycles. The van der Waals surface area contributed by atoms with Crippen molar-refractivity contribution >= 4 is 11.3 Å². The summed E-state index contributed by atoms with van der Waals surface area (Å²) in [5, 5.41) is 6.24. The van der Waals surface area contributed by atoms with Gasteiger partial charge in [0.25, 0.3) is 0 Å². The highest BCUT2D eigenvalue weighted by Gasteiger charge is 2.06. The van der Waals surface area contributed by atoms with Gasteiger partial charge in [0.15, 0.2) is 0 Å². The second-order valence-corrected chi connectivity index (χ2v) is 4.95. The predicted octanol–water partition coefficient (Wildman–Crippen LogP) is 1.86. The molecule has 0 spiro atoms. The van der Waals surface area contributed by atoms with Crippen LogP contribution in [0.3, 0.4) is 0 Å².